The minimum Gasteiger partial charge on any atom is -0.480 e. The van der Waals surface area contributed by atoms with Gasteiger partial charge in [-0.05, 0) is 5.92 Å². The Bertz CT molecular complexity index is 313. The monoisotopic (exact) mass is 263 g/mol. The second kappa shape index (κ2) is 4.84. The van der Waals surface area contributed by atoms with Crippen molar-refractivity contribution in [1.82, 2.24) is 5.32 Å². The second-order valence-corrected chi connectivity index (χ2v) is 3.61. The Morgan fingerprint density at radius 1 is 1.12 bits per heavy atom. The van der Waals surface area contributed by atoms with Crippen molar-refractivity contribution >= 4 is 11.9 Å². The zero-order chi connectivity index (χ0) is 14.0. The Labute approximate surface area is 92.8 Å². The van der Waals surface area contributed by atoms with E-state index >= 15 is 0 Å². The van der Waals surface area contributed by atoms with Crippen LogP contribution in [0.1, 0.15) is 13.8 Å². The summed E-state index contributed by atoms with van der Waals surface area (Å²) in [5, 5.41) is 9.67. The molecule has 2 N–H and O–H groups in total. The summed E-state index contributed by atoms with van der Waals surface area (Å²) in [6.07, 6.45) is -6.06. The maximum Gasteiger partial charge on any atom is 0.463 e. The van der Waals surface area contributed by atoms with Crippen LogP contribution in [0.2, 0.25) is 0 Å². The van der Waals surface area contributed by atoms with E-state index in [0.29, 0.717) is 0 Å². The summed E-state index contributed by atoms with van der Waals surface area (Å²) >= 11 is 0. The molecular formula is C8H10F5NO3. The predicted molar refractivity (Wildman–Crippen MR) is 45.4 cm³/mol. The van der Waals surface area contributed by atoms with Gasteiger partial charge in [-0.3, -0.25) is 4.79 Å². The summed E-state index contributed by atoms with van der Waals surface area (Å²) in [5.74, 6) is -10.8. The van der Waals surface area contributed by atoms with Crippen molar-refractivity contribution in [2.45, 2.75) is 32.0 Å². The molecule has 0 fully saturated rings. The maximum atomic E-state index is 12.5. The van der Waals surface area contributed by atoms with E-state index in [2.05, 4.69) is 0 Å². The highest BCUT2D eigenvalue weighted by atomic mass is 19.4. The molecule has 0 unspecified atom stereocenters. The molecule has 0 saturated heterocycles. The molecular weight excluding hydrogens is 253 g/mol. The summed E-state index contributed by atoms with van der Waals surface area (Å²) in [4.78, 5) is 21.2. The fourth-order valence-electron chi connectivity index (χ4n) is 0.874. The van der Waals surface area contributed by atoms with Crippen LogP contribution in [0.4, 0.5) is 22.0 Å². The number of carbonyl (C=O) groups is 2. The van der Waals surface area contributed by atoms with Gasteiger partial charge in [0.2, 0.25) is 0 Å². The summed E-state index contributed by atoms with van der Waals surface area (Å²) in [6.45, 7) is 2.51. The lowest BCUT2D eigenvalue weighted by Gasteiger charge is -2.23. The molecule has 9 heteroatoms. The summed E-state index contributed by atoms with van der Waals surface area (Å²) < 4.78 is 60.3. The smallest absolute Gasteiger partial charge is 0.463 e. The molecule has 0 rings (SSSR count). The van der Waals surface area contributed by atoms with Crippen molar-refractivity contribution in [3.63, 3.8) is 0 Å². The maximum absolute atomic E-state index is 12.5. The average Bonchev–Trinajstić information content (AvgIpc) is 2.10. The van der Waals surface area contributed by atoms with Crippen molar-refractivity contribution in [3.8, 4) is 0 Å². The number of amides is 1. The van der Waals surface area contributed by atoms with Crippen LogP contribution in [-0.4, -0.2) is 35.1 Å². The zero-order valence-electron chi connectivity index (χ0n) is 8.81. The quantitative estimate of drug-likeness (QED) is 0.753. The number of alkyl halides is 5. The highest BCUT2D eigenvalue weighted by Crippen LogP contribution is 2.35. The Morgan fingerprint density at radius 3 is 1.76 bits per heavy atom. The van der Waals surface area contributed by atoms with Gasteiger partial charge in [0.15, 0.2) is 0 Å². The van der Waals surface area contributed by atoms with Crippen molar-refractivity contribution in [2.75, 3.05) is 0 Å². The van der Waals surface area contributed by atoms with Crippen molar-refractivity contribution in [1.29, 1.82) is 0 Å². The van der Waals surface area contributed by atoms with Crippen molar-refractivity contribution in [2.24, 2.45) is 5.92 Å². The average molecular weight is 263 g/mol. The van der Waals surface area contributed by atoms with E-state index in [9.17, 15) is 31.5 Å². The van der Waals surface area contributed by atoms with Gasteiger partial charge in [0.25, 0.3) is 0 Å². The Kier molecular flexibility index (Phi) is 4.44. The SMILES string of the molecule is CC(C)[C@H](NC(=O)C(F)(F)C(F)(F)F)C(=O)O. The molecule has 0 aliphatic heterocycles. The molecule has 4 nitrogen and oxygen atoms in total. The first kappa shape index (κ1) is 15.6. The molecule has 1 atom stereocenters. The number of carbonyl (C=O) groups excluding carboxylic acids is 1. The first-order chi connectivity index (χ1) is 7.41. The van der Waals surface area contributed by atoms with Gasteiger partial charge in [-0.25, -0.2) is 4.79 Å². The lowest BCUT2D eigenvalue weighted by atomic mass is 10.0. The molecule has 0 aromatic rings. The first-order valence-corrected chi connectivity index (χ1v) is 4.39. The van der Waals surface area contributed by atoms with E-state index in [-0.39, 0.29) is 0 Å². The van der Waals surface area contributed by atoms with Crippen LogP contribution in [0.25, 0.3) is 0 Å². The van der Waals surface area contributed by atoms with Gasteiger partial charge in [-0.2, -0.15) is 22.0 Å². The Hall–Kier alpha value is -1.41. The first-order valence-electron chi connectivity index (χ1n) is 4.39. The molecule has 0 heterocycles. The Balaban J connectivity index is 4.92. The molecule has 0 aromatic carbocycles. The van der Waals surface area contributed by atoms with Gasteiger partial charge >= 0.3 is 24.0 Å². The predicted octanol–water partition coefficient (Wildman–Crippen LogP) is 1.41. The van der Waals surface area contributed by atoms with Gasteiger partial charge in [0.05, 0.1) is 0 Å². The van der Waals surface area contributed by atoms with E-state index in [1.54, 1.807) is 0 Å². The van der Waals surface area contributed by atoms with Gasteiger partial charge in [-0.15, -0.1) is 0 Å². The van der Waals surface area contributed by atoms with Crippen LogP contribution in [-0.2, 0) is 9.59 Å². The van der Waals surface area contributed by atoms with E-state index in [1.165, 1.54) is 13.8 Å². The molecule has 100 valence electrons. The lowest BCUT2D eigenvalue weighted by molar-refractivity contribution is -0.270. The second-order valence-electron chi connectivity index (χ2n) is 3.61. The van der Waals surface area contributed by atoms with Crippen LogP contribution in [0.5, 0.6) is 0 Å². The van der Waals surface area contributed by atoms with E-state index < -0.39 is 35.9 Å². The minimum absolute atomic E-state index is 0.833. The molecule has 0 radical (unpaired) electrons. The summed E-state index contributed by atoms with van der Waals surface area (Å²) in [7, 11) is 0. The third-order valence-corrected chi connectivity index (χ3v) is 1.86. The van der Waals surface area contributed by atoms with Crippen molar-refractivity contribution in [3.05, 3.63) is 0 Å². The Morgan fingerprint density at radius 2 is 1.53 bits per heavy atom. The van der Waals surface area contributed by atoms with Crippen LogP contribution in [0.3, 0.4) is 0 Å². The van der Waals surface area contributed by atoms with Gasteiger partial charge in [0, 0.05) is 0 Å². The molecule has 0 aliphatic carbocycles. The third-order valence-electron chi connectivity index (χ3n) is 1.86. The molecule has 0 aliphatic rings. The number of carboxylic acids is 1. The van der Waals surface area contributed by atoms with Gasteiger partial charge in [0.1, 0.15) is 6.04 Å². The zero-order valence-corrected chi connectivity index (χ0v) is 8.81. The third kappa shape index (κ3) is 3.53. The number of nitrogens with one attached hydrogen (secondary N) is 1. The largest absolute Gasteiger partial charge is 0.480 e. The summed E-state index contributed by atoms with van der Waals surface area (Å²) in [5.41, 5.74) is 0. The van der Waals surface area contributed by atoms with Crippen LogP contribution >= 0.6 is 0 Å². The highest BCUT2D eigenvalue weighted by Gasteiger charge is 2.63. The minimum atomic E-state index is -6.06. The van der Waals surface area contributed by atoms with Gasteiger partial charge in [-0.1, -0.05) is 13.8 Å². The molecule has 0 saturated carbocycles. The topological polar surface area (TPSA) is 66.4 Å². The van der Waals surface area contributed by atoms with Gasteiger partial charge < -0.3 is 10.4 Å². The number of halogens is 5. The fourth-order valence-corrected chi connectivity index (χ4v) is 0.874. The number of hydrogen-bond donors (Lipinski definition) is 2. The van der Waals surface area contributed by atoms with Crippen molar-refractivity contribution < 1.29 is 36.6 Å². The van der Waals surface area contributed by atoms with Crippen LogP contribution < -0.4 is 5.32 Å². The molecule has 0 bridgehead atoms. The van der Waals surface area contributed by atoms with Crippen LogP contribution in [0, 0.1) is 5.92 Å². The molecule has 0 spiro atoms. The standard InChI is InChI=1S/C8H10F5NO3/c1-3(2)4(5(15)16)14-6(17)7(9,10)8(11,12)13/h3-4H,1-2H3,(H,14,17)(H,15,16)/t4-/m0/s1. The fraction of sp³-hybridized carbons (Fsp3) is 0.750. The van der Waals surface area contributed by atoms with E-state index in [4.69, 9.17) is 5.11 Å². The normalized spacial score (nSPS) is 14.6. The summed E-state index contributed by atoms with van der Waals surface area (Å²) in [6, 6.07) is -1.81. The molecule has 1 amide bonds. The lowest BCUT2D eigenvalue weighted by Crippen LogP contribution is -2.55. The van der Waals surface area contributed by atoms with Crippen LogP contribution in [0.15, 0.2) is 0 Å². The molecule has 17 heavy (non-hydrogen) atoms. The molecule has 0 aromatic heterocycles. The van der Waals surface area contributed by atoms with E-state index in [1.807, 2.05) is 0 Å². The van der Waals surface area contributed by atoms with E-state index in [0.717, 1.165) is 5.32 Å². The highest BCUT2D eigenvalue weighted by molar-refractivity contribution is 5.88. The number of rotatable bonds is 4. The number of aliphatic carboxylic acids is 1. The number of hydrogen-bond acceptors (Lipinski definition) is 2. The number of carboxylic acid groups (broad SMARTS) is 1.